The van der Waals surface area contributed by atoms with Crippen LogP contribution in [0.2, 0.25) is 0 Å². The molecule has 0 unspecified atom stereocenters. The van der Waals surface area contributed by atoms with Crippen molar-refractivity contribution in [1.82, 2.24) is 4.98 Å². The van der Waals surface area contributed by atoms with Crippen LogP contribution in [0.15, 0.2) is 188 Å². The van der Waals surface area contributed by atoms with E-state index in [1.54, 1.807) is 0 Å². The molecule has 2 nitrogen and oxygen atoms in total. The molecule has 2 aliphatic carbocycles. The molecule has 2 heteroatoms. The Hall–Kier alpha value is -6.77. The van der Waals surface area contributed by atoms with Crippen LogP contribution in [0.4, 0.5) is 0 Å². The number of para-hydroxylation sites is 2. The lowest BCUT2D eigenvalue weighted by Crippen LogP contribution is -2.32. The highest BCUT2D eigenvalue weighted by atomic mass is 16.5. The van der Waals surface area contributed by atoms with E-state index in [-0.39, 0.29) is 0 Å². The first-order chi connectivity index (χ1) is 27.2. The Balaban J connectivity index is 1.21. The molecule has 0 saturated carbocycles. The normalized spacial score (nSPS) is 15.8. The molecular weight excluding hydrogens is 667 g/mol. The minimum absolute atomic E-state index is 0.515. The fourth-order valence-electron chi connectivity index (χ4n) is 9.38. The van der Waals surface area contributed by atoms with Crippen LogP contribution in [0.3, 0.4) is 0 Å². The fraction of sp³-hybridized carbons (Fsp3) is 0.0755. The molecule has 2 heterocycles. The van der Waals surface area contributed by atoms with Crippen molar-refractivity contribution in [3.63, 3.8) is 0 Å². The van der Waals surface area contributed by atoms with Crippen LogP contribution in [0, 0.1) is 5.92 Å². The molecule has 1 aliphatic heterocycles. The molecule has 0 N–H and O–H groups in total. The molecule has 55 heavy (non-hydrogen) atoms. The molecule has 0 fully saturated rings. The smallest absolute Gasteiger partial charge is 0.140 e. The molecule has 1 atom stereocenters. The zero-order valence-electron chi connectivity index (χ0n) is 30.5. The minimum Gasteiger partial charge on any atom is -0.456 e. The maximum atomic E-state index is 7.17. The van der Waals surface area contributed by atoms with Crippen LogP contribution in [-0.2, 0) is 5.41 Å². The molecule has 0 saturated heterocycles. The molecule has 0 radical (unpaired) electrons. The van der Waals surface area contributed by atoms with Gasteiger partial charge in [0, 0.05) is 22.3 Å². The number of allylic oxidation sites excluding steroid dienone is 4. The lowest BCUT2D eigenvalue weighted by molar-refractivity contribution is 0.438. The third kappa shape index (κ3) is 4.78. The highest BCUT2D eigenvalue weighted by molar-refractivity contribution is 6.05. The summed E-state index contributed by atoms with van der Waals surface area (Å²) in [6.45, 7) is 2.26. The number of benzene rings is 7. The monoisotopic (exact) mass is 703 g/mol. The van der Waals surface area contributed by atoms with Gasteiger partial charge in [0.25, 0.3) is 0 Å². The number of ether oxygens (including phenoxy) is 1. The second-order valence-electron chi connectivity index (χ2n) is 15.1. The Kier molecular flexibility index (Phi) is 7.15. The van der Waals surface area contributed by atoms with Gasteiger partial charge in [0.05, 0.1) is 16.8 Å². The number of pyridine rings is 1. The Morgan fingerprint density at radius 3 is 1.98 bits per heavy atom. The lowest BCUT2D eigenvalue weighted by Gasteiger charge is -2.40. The van der Waals surface area contributed by atoms with Gasteiger partial charge in [-0.15, -0.1) is 0 Å². The van der Waals surface area contributed by atoms with Crippen LogP contribution in [0.25, 0.3) is 61.0 Å². The molecule has 7 aromatic carbocycles. The van der Waals surface area contributed by atoms with Crippen molar-refractivity contribution < 1.29 is 4.74 Å². The van der Waals surface area contributed by atoms with Crippen LogP contribution < -0.4 is 4.74 Å². The van der Waals surface area contributed by atoms with E-state index >= 15 is 0 Å². The molecule has 8 aromatic rings. The zero-order valence-corrected chi connectivity index (χ0v) is 30.5. The van der Waals surface area contributed by atoms with Gasteiger partial charge in [0.15, 0.2) is 0 Å². The van der Waals surface area contributed by atoms with Crippen LogP contribution in [-0.4, -0.2) is 4.98 Å². The van der Waals surface area contributed by atoms with E-state index in [4.69, 9.17) is 9.72 Å². The van der Waals surface area contributed by atoms with Crippen LogP contribution in [0.1, 0.15) is 41.3 Å². The maximum absolute atomic E-state index is 7.17. The summed E-state index contributed by atoms with van der Waals surface area (Å²) in [4.78, 5) is 5.53. The van der Waals surface area contributed by atoms with Crippen molar-refractivity contribution in [1.29, 1.82) is 0 Å². The van der Waals surface area contributed by atoms with Gasteiger partial charge in [-0.2, -0.15) is 0 Å². The molecule has 3 aliphatic rings. The highest BCUT2D eigenvalue weighted by Crippen LogP contribution is 2.63. The van der Waals surface area contributed by atoms with E-state index in [1.807, 2.05) is 0 Å². The summed E-state index contributed by atoms with van der Waals surface area (Å²) < 4.78 is 7.17. The van der Waals surface area contributed by atoms with E-state index in [2.05, 4.69) is 195 Å². The SMILES string of the molecule is C[C@@H]1C=CC(c2cc(-c3ccccc3)cc(-c3c(-c4cccc5c4Oc4ccccc4C54c5ccccc5-c5ccccc54)ccc4ccccc34)n2)=CC1. The van der Waals surface area contributed by atoms with Gasteiger partial charge in [-0.1, -0.05) is 177 Å². The number of aromatic nitrogens is 1. The number of rotatable bonds is 4. The maximum Gasteiger partial charge on any atom is 0.140 e. The first kappa shape index (κ1) is 31.7. The molecule has 1 spiro atoms. The van der Waals surface area contributed by atoms with Crippen molar-refractivity contribution in [3.8, 4) is 56.1 Å². The topological polar surface area (TPSA) is 22.1 Å². The highest BCUT2D eigenvalue weighted by Gasteiger charge is 2.51. The molecular formula is C53H37NO. The number of fused-ring (bicyclic) bond motifs is 10. The number of nitrogens with zero attached hydrogens (tertiary/aromatic N) is 1. The van der Waals surface area contributed by atoms with Gasteiger partial charge in [-0.25, -0.2) is 4.98 Å². The van der Waals surface area contributed by atoms with Crippen molar-refractivity contribution in [2.45, 2.75) is 18.8 Å². The summed E-state index contributed by atoms with van der Waals surface area (Å²) in [5.41, 5.74) is 15.5. The van der Waals surface area contributed by atoms with Crippen molar-refractivity contribution >= 4 is 16.3 Å². The van der Waals surface area contributed by atoms with Gasteiger partial charge >= 0.3 is 0 Å². The van der Waals surface area contributed by atoms with Gasteiger partial charge in [-0.3, -0.25) is 0 Å². The average molecular weight is 704 g/mol. The molecule has 260 valence electrons. The second-order valence-corrected chi connectivity index (χ2v) is 15.1. The van der Waals surface area contributed by atoms with Gasteiger partial charge in [0.1, 0.15) is 11.5 Å². The summed E-state index contributed by atoms with van der Waals surface area (Å²) in [6.07, 6.45) is 7.89. The first-order valence-corrected chi connectivity index (χ1v) is 19.3. The summed E-state index contributed by atoms with van der Waals surface area (Å²) in [6, 6.07) is 61.6. The van der Waals surface area contributed by atoms with Gasteiger partial charge in [-0.05, 0) is 85.8 Å². The Morgan fingerprint density at radius 2 is 1.20 bits per heavy atom. The van der Waals surface area contributed by atoms with E-state index in [1.165, 1.54) is 38.8 Å². The zero-order chi connectivity index (χ0) is 36.5. The van der Waals surface area contributed by atoms with Crippen molar-refractivity contribution in [2.75, 3.05) is 0 Å². The molecule has 1 aromatic heterocycles. The standard InChI is InChI=1S/C53H37NO/c1-34-26-28-37(29-27-34)48-32-38(35-14-3-2-4-15-35)33-49(54-48)51-39-17-6-5-16-36(39)30-31-42(51)43-20-13-24-47-52(43)55-50-25-12-11-23-46(50)53(47)44-21-9-7-18-40(44)41-19-8-10-22-45(41)53/h2-26,28-34H,27H2,1H3/t34-/m1/s1. The number of hydrogen-bond acceptors (Lipinski definition) is 2. The van der Waals surface area contributed by atoms with E-state index in [0.717, 1.165) is 68.1 Å². The Bertz CT molecular complexity index is 2850. The van der Waals surface area contributed by atoms with E-state index in [0.29, 0.717) is 5.92 Å². The summed E-state index contributed by atoms with van der Waals surface area (Å²) >= 11 is 0. The predicted molar refractivity (Wildman–Crippen MR) is 226 cm³/mol. The predicted octanol–water partition coefficient (Wildman–Crippen LogP) is 13.7. The van der Waals surface area contributed by atoms with Crippen molar-refractivity contribution in [3.05, 3.63) is 216 Å². The summed E-state index contributed by atoms with van der Waals surface area (Å²) in [5.74, 6) is 2.28. The third-order valence-electron chi connectivity index (χ3n) is 11.9. The molecule has 0 amide bonds. The largest absolute Gasteiger partial charge is 0.456 e. The van der Waals surface area contributed by atoms with Crippen LogP contribution >= 0.6 is 0 Å². The first-order valence-electron chi connectivity index (χ1n) is 19.3. The summed E-state index contributed by atoms with van der Waals surface area (Å²) in [7, 11) is 0. The van der Waals surface area contributed by atoms with Crippen molar-refractivity contribution in [2.24, 2.45) is 5.92 Å². The third-order valence-corrected chi connectivity index (χ3v) is 11.9. The summed E-state index contributed by atoms with van der Waals surface area (Å²) in [5, 5.41) is 2.33. The van der Waals surface area contributed by atoms with Crippen LogP contribution in [0.5, 0.6) is 11.5 Å². The molecule has 0 bridgehead atoms. The van der Waals surface area contributed by atoms with E-state index < -0.39 is 5.41 Å². The minimum atomic E-state index is -0.542. The Labute approximate surface area is 321 Å². The quantitative estimate of drug-likeness (QED) is 0.182. The average Bonchev–Trinajstić information content (AvgIpc) is 3.54. The number of hydrogen-bond donors (Lipinski definition) is 0. The fourth-order valence-corrected chi connectivity index (χ4v) is 9.38. The van der Waals surface area contributed by atoms with E-state index in [9.17, 15) is 0 Å². The van der Waals surface area contributed by atoms with Gasteiger partial charge in [0.2, 0.25) is 0 Å². The Morgan fingerprint density at radius 1 is 0.545 bits per heavy atom. The lowest BCUT2D eigenvalue weighted by atomic mass is 9.65. The molecule has 11 rings (SSSR count). The second kappa shape index (κ2) is 12.4. The van der Waals surface area contributed by atoms with Gasteiger partial charge < -0.3 is 4.74 Å².